The molecule has 0 unspecified atom stereocenters. The molecule has 0 aliphatic rings. The zero-order chi connectivity index (χ0) is 12.0. The average Bonchev–Trinajstić information content (AvgIpc) is 2.29. The maximum absolute atomic E-state index is 13.0. The van der Waals surface area contributed by atoms with Crippen LogP contribution in [0.5, 0.6) is 0 Å². The van der Waals surface area contributed by atoms with E-state index in [1.807, 2.05) is 6.07 Å². The molecule has 1 aromatic carbocycles. The van der Waals surface area contributed by atoms with E-state index < -0.39 is 25.2 Å². The van der Waals surface area contributed by atoms with Crippen LogP contribution in [-0.4, -0.2) is 35.5 Å². The Morgan fingerprint density at radius 1 is 1.25 bits per heavy atom. The Labute approximate surface area is 92.3 Å². The number of rotatable bonds is 6. The molecule has 0 aliphatic heterocycles. The highest BCUT2D eigenvalue weighted by Crippen LogP contribution is 2.19. The van der Waals surface area contributed by atoms with Crippen LogP contribution in [0, 0.1) is 0 Å². The normalized spacial score (nSPS) is 13.8. The summed E-state index contributed by atoms with van der Waals surface area (Å²) in [5.74, 6) is -3.43. The van der Waals surface area contributed by atoms with Crippen molar-refractivity contribution in [2.45, 2.75) is 18.6 Å². The van der Waals surface area contributed by atoms with E-state index in [0.717, 1.165) is 5.56 Å². The molecular formula is C11H14F2O3. The van der Waals surface area contributed by atoms with E-state index in [0.29, 0.717) is 0 Å². The van der Waals surface area contributed by atoms with Gasteiger partial charge in [-0.3, -0.25) is 0 Å². The fourth-order valence-corrected chi connectivity index (χ4v) is 1.11. The number of ether oxygens (including phenoxy) is 1. The van der Waals surface area contributed by atoms with Gasteiger partial charge in [0.15, 0.2) is 0 Å². The molecule has 3 nitrogen and oxygen atoms in total. The summed E-state index contributed by atoms with van der Waals surface area (Å²) in [6, 6.07) is 8.87. The molecule has 0 saturated carbocycles. The number of benzene rings is 1. The lowest BCUT2D eigenvalue weighted by atomic mass is 10.2. The topological polar surface area (TPSA) is 49.7 Å². The molecule has 0 fully saturated rings. The van der Waals surface area contributed by atoms with Gasteiger partial charge in [0.1, 0.15) is 12.7 Å². The number of halogens is 2. The number of aliphatic hydroxyl groups is 2. The quantitative estimate of drug-likeness (QED) is 0.774. The van der Waals surface area contributed by atoms with Gasteiger partial charge in [-0.1, -0.05) is 30.3 Å². The maximum atomic E-state index is 13.0. The van der Waals surface area contributed by atoms with Gasteiger partial charge >= 0.3 is 0 Å². The second-order valence-electron chi connectivity index (χ2n) is 3.44. The van der Waals surface area contributed by atoms with Gasteiger partial charge < -0.3 is 14.9 Å². The van der Waals surface area contributed by atoms with E-state index in [1.54, 1.807) is 24.3 Å². The van der Waals surface area contributed by atoms with Crippen molar-refractivity contribution in [2.75, 3.05) is 13.2 Å². The van der Waals surface area contributed by atoms with Gasteiger partial charge in [-0.15, -0.1) is 0 Å². The van der Waals surface area contributed by atoms with Crippen LogP contribution in [0.1, 0.15) is 5.56 Å². The van der Waals surface area contributed by atoms with Gasteiger partial charge in [0.05, 0.1) is 13.2 Å². The molecule has 1 aromatic rings. The van der Waals surface area contributed by atoms with Gasteiger partial charge in [-0.25, -0.2) is 8.78 Å². The first-order valence-corrected chi connectivity index (χ1v) is 4.84. The minimum atomic E-state index is -3.43. The summed E-state index contributed by atoms with van der Waals surface area (Å²) in [5.41, 5.74) is 0.775. The third-order valence-corrected chi connectivity index (χ3v) is 2.07. The number of aliphatic hydroxyl groups excluding tert-OH is 2. The highest BCUT2D eigenvalue weighted by Gasteiger charge is 2.38. The number of hydrogen-bond acceptors (Lipinski definition) is 3. The van der Waals surface area contributed by atoms with Crippen LogP contribution in [0.25, 0.3) is 0 Å². The van der Waals surface area contributed by atoms with E-state index in [1.165, 1.54) is 0 Å². The summed E-state index contributed by atoms with van der Waals surface area (Å²) in [7, 11) is 0. The predicted molar refractivity (Wildman–Crippen MR) is 54.1 cm³/mol. The highest BCUT2D eigenvalue weighted by atomic mass is 19.3. The Bertz CT molecular complexity index is 303. The van der Waals surface area contributed by atoms with Gasteiger partial charge in [0.2, 0.25) is 0 Å². The molecule has 0 saturated heterocycles. The van der Waals surface area contributed by atoms with Crippen molar-refractivity contribution in [3.63, 3.8) is 0 Å². The van der Waals surface area contributed by atoms with Crippen molar-refractivity contribution in [3.05, 3.63) is 35.9 Å². The van der Waals surface area contributed by atoms with Gasteiger partial charge in [0.25, 0.3) is 5.92 Å². The van der Waals surface area contributed by atoms with Crippen molar-refractivity contribution in [1.82, 2.24) is 0 Å². The third-order valence-electron chi connectivity index (χ3n) is 2.07. The fourth-order valence-electron chi connectivity index (χ4n) is 1.11. The predicted octanol–water partition coefficient (Wildman–Crippen LogP) is 1.19. The van der Waals surface area contributed by atoms with Crippen LogP contribution in [0.3, 0.4) is 0 Å². The zero-order valence-electron chi connectivity index (χ0n) is 8.64. The standard InChI is InChI=1S/C11H14F2O3/c12-11(13,10(15)6-14)8-16-7-9-4-2-1-3-5-9/h1-5,10,14-15H,6-8H2/t10-/m0/s1. The van der Waals surface area contributed by atoms with Crippen LogP contribution < -0.4 is 0 Å². The summed E-state index contributed by atoms with van der Waals surface area (Å²) in [6.45, 7) is -1.85. The average molecular weight is 232 g/mol. The van der Waals surface area contributed by atoms with E-state index in [-0.39, 0.29) is 6.61 Å². The number of hydrogen-bond donors (Lipinski definition) is 2. The molecule has 5 heteroatoms. The summed E-state index contributed by atoms with van der Waals surface area (Å²) >= 11 is 0. The molecule has 90 valence electrons. The van der Waals surface area contributed by atoms with Crippen molar-refractivity contribution in [3.8, 4) is 0 Å². The van der Waals surface area contributed by atoms with E-state index >= 15 is 0 Å². The Balaban J connectivity index is 2.35. The first-order valence-electron chi connectivity index (χ1n) is 4.84. The molecule has 16 heavy (non-hydrogen) atoms. The summed E-state index contributed by atoms with van der Waals surface area (Å²) in [6.07, 6.45) is -2.08. The zero-order valence-corrected chi connectivity index (χ0v) is 8.64. The van der Waals surface area contributed by atoms with E-state index in [2.05, 4.69) is 0 Å². The third kappa shape index (κ3) is 3.84. The van der Waals surface area contributed by atoms with Crippen LogP contribution in [0.2, 0.25) is 0 Å². The lowest BCUT2D eigenvalue weighted by Gasteiger charge is -2.20. The minimum absolute atomic E-state index is 0.0502. The molecule has 0 heterocycles. The summed E-state index contributed by atoms with van der Waals surface area (Å²) < 4.78 is 30.8. The van der Waals surface area contributed by atoms with Crippen LogP contribution in [0.15, 0.2) is 30.3 Å². The molecule has 0 aromatic heterocycles. The lowest BCUT2D eigenvalue weighted by molar-refractivity contribution is -0.163. The first kappa shape index (κ1) is 13.0. The molecule has 0 spiro atoms. The Morgan fingerprint density at radius 2 is 1.88 bits per heavy atom. The molecule has 2 N–H and O–H groups in total. The maximum Gasteiger partial charge on any atom is 0.298 e. The smallest absolute Gasteiger partial charge is 0.298 e. The van der Waals surface area contributed by atoms with Crippen molar-refractivity contribution in [2.24, 2.45) is 0 Å². The van der Waals surface area contributed by atoms with Crippen LogP contribution in [-0.2, 0) is 11.3 Å². The minimum Gasteiger partial charge on any atom is -0.393 e. The second-order valence-corrected chi connectivity index (χ2v) is 3.44. The Kier molecular flexibility index (Phi) is 4.79. The largest absolute Gasteiger partial charge is 0.393 e. The fraction of sp³-hybridized carbons (Fsp3) is 0.455. The van der Waals surface area contributed by atoms with Crippen molar-refractivity contribution < 1.29 is 23.7 Å². The van der Waals surface area contributed by atoms with Crippen LogP contribution >= 0.6 is 0 Å². The monoisotopic (exact) mass is 232 g/mol. The van der Waals surface area contributed by atoms with Crippen molar-refractivity contribution >= 4 is 0 Å². The van der Waals surface area contributed by atoms with Crippen molar-refractivity contribution in [1.29, 1.82) is 0 Å². The number of alkyl halides is 2. The van der Waals surface area contributed by atoms with Gasteiger partial charge in [-0.05, 0) is 5.56 Å². The Morgan fingerprint density at radius 3 is 2.44 bits per heavy atom. The molecule has 0 radical (unpaired) electrons. The molecule has 1 atom stereocenters. The SMILES string of the molecule is OC[C@H](O)C(F)(F)COCc1ccccc1. The van der Waals surface area contributed by atoms with Gasteiger partial charge in [-0.2, -0.15) is 0 Å². The summed E-state index contributed by atoms with van der Waals surface area (Å²) in [4.78, 5) is 0. The Hall–Kier alpha value is -1.04. The lowest BCUT2D eigenvalue weighted by Crippen LogP contribution is -2.40. The van der Waals surface area contributed by atoms with Crippen LogP contribution in [0.4, 0.5) is 8.78 Å². The second kappa shape index (κ2) is 5.89. The molecular weight excluding hydrogens is 218 g/mol. The molecule has 0 aliphatic carbocycles. The van der Waals surface area contributed by atoms with E-state index in [9.17, 15) is 8.78 Å². The van der Waals surface area contributed by atoms with E-state index in [4.69, 9.17) is 14.9 Å². The summed E-state index contributed by atoms with van der Waals surface area (Å²) in [5, 5.41) is 17.2. The highest BCUT2D eigenvalue weighted by molar-refractivity contribution is 5.13. The molecule has 0 bridgehead atoms. The van der Waals surface area contributed by atoms with Gasteiger partial charge in [0, 0.05) is 0 Å². The molecule has 0 amide bonds. The molecule has 1 rings (SSSR count). The first-order chi connectivity index (χ1) is 7.56.